The molecular formula is C15H22BrNO2. The number of rotatable bonds is 5. The molecule has 1 rings (SSSR count). The van der Waals surface area contributed by atoms with Crippen molar-refractivity contribution in [1.29, 1.82) is 0 Å². The van der Waals surface area contributed by atoms with E-state index in [9.17, 15) is 4.79 Å². The number of hydrogen-bond acceptors (Lipinski definition) is 2. The quantitative estimate of drug-likeness (QED) is 0.892. The van der Waals surface area contributed by atoms with Crippen LogP contribution in [0.3, 0.4) is 0 Å². The molecule has 0 aliphatic heterocycles. The number of benzene rings is 1. The monoisotopic (exact) mass is 327 g/mol. The zero-order valence-electron chi connectivity index (χ0n) is 12.2. The lowest BCUT2D eigenvalue weighted by Gasteiger charge is -2.26. The van der Waals surface area contributed by atoms with E-state index in [2.05, 4.69) is 21.2 Å². The molecule has 0 aliphatic rings. The standard InChI is InChI=1S/C15H22BrNO2/c1-6-15(4,5)17-14(18)11(3)19-13-9-12(16)8-7-10(13)2/h7-9,11H,6H2,1-5H3,(H,17,18). The Balaban J connectivity index is 2.71. The minimum absolute atomic E-state index is 0.0915. The number of nitrogens with one attached hydrogen (secondary N) is 1. The van der Waals surface area contributed by atoms with Crippen molar-refractivity contribution in [2.24, 2.45) is 0 Å². The van der Waals surface area contributed by atoms with E-state index in [0.717, 1.165) is 22.2 Å². The third-order valence-electron chi connectivity index (χ3n) is 3.17. The van der Waals surface area contributed by atoms with E-state index in [1.54, 1.807) is 6.92 Å². The summed E-state index contributed by atoms with van der Waals surface area (Å²) in [7, 11) is 0. The first kappa shape index (κ1) is 16.0. The Kier molecular flexibility index (Phi) is 5.41. The lowest BCUT2D eigenvalue weighted by atomic mass is 10.0. The smallest absolute Gasteiger partial charge is 0.261 e. The highest BCUT2D eigenvalue weighted by molar-refractivity contribution is 9.10. The van der Waals surface area contributed by atoms with Crippen molar-refractivity contribution in [3.63, 3.8) is 0 Å². The lowest BCUT2D eigenvalue weighted by Crippen LogP contribution is -2.48. The molecule has 0 bridgehead atoms. The molecule has 106 valence electrons. The van der Waals surface area contributed by atoms with E-state index in [1.165, 1.54) is 0 Å². The summed E-state index contributed by atoms with van der Waals surface area (Å²) < 4.78 is 6.68. The number of carbonyl (C=O) groups excluding carboxylic acids is 1. The Hall–Kier alpha value is -1.03. The Bertz CT molecular complexity index is 457. The summed E-state index contributed by atoms with van der Waals surface area (Å²) in [4.78, 5) is 12.1. The molecule has 0 saturated heterocycles. The van der Waals surface area contributed by atoms with Crippen LogP contribution in [0.1, 0.15) is 39.7 Å². The Morgan fingerprint density at radius 1 is 1.47 bits per heavy atom. The van der Waals surface area contributed by atoms with Crippen molar-refractivity contribution in [3.05, 3.63) is 28.2 Å². The second kappa shape index (κ2) is 6.42. The summed E-state index contributed by atoms with van der Waals surface area (Å²) in [5.74, 6) is 0.637. The molecule has 1 aromatic carbocycles. The summed E-state index contributed by atoms with van der Waals surface area (Å²) >= 11 is 3.40. The predicted octanol–water partition coefficient (Wildman–Crippen LogP) is 3.83. The lowest BCUT2D eigenvalue weighted by molar-refractivity contribution is -0.129. The summed E-state index contributed by atoms with van der Waals surface area (Å²) in [6, 6.07) is 5.79. The zero-order valence-corrected chi connectivity index (χ0v) is 13.8. The Morgan fingerprint density at radius 3 is 2.68 bits per heavy atom. The molecule has 4 heteroatoms. The van der Waals surface area contributed by atoms with Gasteiger partial charge in [-0.3, -0.25) is 4.79 Å². The van der Waals surface area contributed by atoms with Gasteiger partial charge in [-0.2, -0.15) is 0 Å². The first-order chi connectivity index (χ1) is 8.75. The van der Waals surface area contributed by atoms with Crippen LogP contribution in [0.5, 0.6) is 5.75 Å². The van der Waals surface area contributed by atoms with Crippen molar-refractivity contribution >= 4 is 21.8 Å². The van der Waals surface area contributed by atoms with Crippen LogP contribution >= 0.6 is 15.9 Å². The van der Waals surface area contributed by atoms with E-state index in [-0.39, 0.29) is 11.4 Å². The van der Waals surface area contributed by atoms with Gasteiger partial charge in [0.1, 0.15) is 5.75 Å². The maximum atomic E-state index is 12.1. The molecule has 0 fully saturated rings. The molecule has 0 aliphatic carbocycles. The van der Waals surface area contributed by atoms with Crippen LogP contribution in [0.2, 0.25) is 0 Å². The van der Waals surface area contributed by atoms with Gasteiger partial charge in [0.15, 0.2) is 6.10 Å². The van der Waals surface area contributed by atoms with Gasteiger partial charge >= 0.3 is 0 Å². The Morgan fingerprint density at radius 2 is 2.11 bits per heavy atom. The van der Waals surface area contributed by atoms with Gasteiger partial charge in [-0.25, -0.2) is 0 Å². The molecule has 0 spiro atoms. The van der Waals surface area contributed by atoms with Crippen molar-refractivity contribution < 1.29 is 9.53 Å². The predicted molar refractivity (Wildman–Crippen MR) is 81.5 cm³/mol. The summed E-state index contributed by atoms with van der Waals surface area (Å²) in [5, 5.41) is 2.98. The summed E-state index contributed by atoms with van der Waals surface area (Å²) in [6.45, 7) is 9.78. The Labute approximate surface area is 123 Å². The third-order valence-corrected chi connectivity index (χ3v) is 3.66. The van der Waals surface area contributed by atoms with Crippen LogP contribution < -0.4 is 10.1 Å². The molecule has 0 aromatic heterocycles. The highest BCUT2D eigenvalue weighted by atomic mass is 79.9. The molecule has 1 N–H and O–H groups in total. The number of halogens is 1. The molecule has 1 unspecified atom stereocenters. The first-order valence-corrected chi connectivity index (χ1v) is 7.29. The van der Waals surface area contributed by atoms with Gasteiger partial charge in [0, 0.05) is 10.0 Å². The zero-order chi connectivity index (χ0) is 14.6. The van der Waals surface area contributed by atoms with E-state index in [0.29, 0.717) is 0 Å². The van der Waals surface area contributed by atoms with Gasteiger partial charge in [0.05, 0.1) is 0 Å². The minimum atomic E-state index is -0.515. The van der Waals surface area contributed by atoms with Gasteiger partial charge in [0.25, 0.3) is 5.91 Å². The van der Waals surface area contributed by atoms with Crippen LogP contribution in [0.4, 0.5) is 0 Å². The molecule has 0 saturated carbocycles. The number of ether oxygens (including phenoxy) is 1. The number of aryl methyl sites for hydroxylation is 1. The SMILES string of the molecule is CCC(C)(C)NC(=O)C(C)Oc1cc(Br)ccc1C. The van der Waals surface area contributed by atoms with Crippen LogP contribution in [0.15, 0.2) is 22.7 Å². The van der Waals surface area contributed by atoms with Crippen LogP contribution in [-0.2, 0) is 4.79 Å². The largest absolute Gasteiger partial charge is 0.481 e. The normalized spacial score (nSPS) is 12.9. The van der Waals surface area contributed by atoms with E-state index in [4.69, 9.17) is 4.74 Å². The molecule has 0 radical (unpaired) electrons. The molecule has 3 nitrogen and oxygen atoms in total. The van der Waals surface area contributed by atoms with Crippen molar-refractivity contribution in [3.8, 4) is 5.75 Å². The highest BCUT2D eigenvalue weighted by Crippen LogP contribution is 2.24. The first-order valence-electron chi connectivity index (χ1n) is 6.50. The maximum absolute atomic E-state index is 12.1. The molecule has 1 aromatic rings. The van der Waals surface area contributed by atoms with Crippen molar-refractivity contribution in [1.82, 2.24) is 5.32 Å². The van der Waals surface area contributed by atoms with Gasteiger partial charge in [-0.05, 0) is 51.8 Å². The second-order valence-corrected chi connectivity index (χ2v) is 6.31. The van der Waals surface area contributed by atoms with Crippen LogP contribution in [-0.4, -0.2) is 17.6 Å². The number of carbonyl (C=O) groups is 1. The fourth-order valence-corrected chi connectivity index (χ4v) is 1.81. The fourth-order valence-electron chi connectivity index (χ4n) is 1.47. The van der Waals surface area contributed by atoms with Gasteiger partial charge < -0.3 is 10.1 Å². The summed E-state index contributed by atoms with van der Waals surface area (Å²) in [5.41, 5.74) is 0.804. The number of amides is 1. The highest BCUT2D eigenvalue weighted by Gasteiger charge is 2.23. The molecular weight excluding hydrogens is 306 g/mol. The van der Waals surface area contributed by atoms with Crippen molar-refractivity contribution in [2.75, 3.05) is 0 Å². The van der Waals surface area contributed by atoms with Crippen LogP contribution in [0.25, 0.3) is 0 Å². The van der Waals surface area contributed by atoms with E-state index < -0.39 is 6.10 Å². The van der Waals surface area contributed by atoms with Crippen LogP contribution in [0, 0.1) is 6.92 Å². The number of hydrogen-bond donors (Lipinski definition) is 1. The van der Waals surface area contributed by atoms with Gasteiger partial charge in [-0.1, -0.05) is 28.9 Å². The fraction of sp³-hybridized carbons (Fsp3) is 0.533. The minimum Gasteiger partial charge on any atom is -0.481 e. The van der Waals surface area contributed by atoms with Crippen molar-refractivity contribution in [2.45, 2.75) is 52.7 Å². The topological polar surface area (TPSA) is 38.3 Å². The average Bonchev–Trinajstić information content (AvgIpc) is 2.33. The maximum Gasteiger partial charge on any atom is 0.261 e. The van der Waals surface area contributed by atoms with E-state index in [1.807, 2.05) is 45.9 Å². The molecule has 1 amide bonds. The molecule has 19 heavy (non-hydrogen) atoms. The molecule has 0 heterocycles. The third kappa shape index (κ3) is 4.86. The average molecular weight is 328 g/mol. The van der Waals surface area contributed by atoms with Gasteiger partial charge in [0.2, 0.25) is 0 Å². The molecule has 1 atom stereocenters. The van der Waals surface area contributed by atoms with E-state index >= 15 is 0 Å². The summed E-state index contributed by atoms with van der Waals surface area (Å²) in [6.07, 6.45) is 0.361. The van der Waals surface area contributed by atoms with Gasteiger partial charge in [-0.15, -0.1) is 0 Å². The second-order valence-electron chi connectivity index (χ2n) is 5.40.